The minimum atomic E-state index is -0.132. The second kappa shape index (κ2) is 14.2. The van der Waals surface area contributed by atoms with Crippen LogP contribution in [-0.4, -0.2) is 31.3 Å². The van der Waals surface area contributed by atoms with Crippen molar-refractivity contribution in [3.05, 3.63) is 107 Å². The lowest BCUT2D eigenvalue weighted by Crippen LogP contribution is -2.18. The van der Waals surface area contributed by atoms with Crippen molar-refractivity contribution in [1.29, 1.82) is 0 Å². The average molecular weight is 581 g/mol. The Morgan fingerprint density at radius 1 is 0.698 bits per heavy atom. The van der Waals surface area contributed by atoms with Gasteiger partial charge in [0.25, 0.3) is 0 Å². The maximum Gasteiger partial charge on any atom is 0.305 e. The molecule has 2 atom stereocenters. The number of esters is 2. The fourth-order valence-electron chi connectivity index (χ4n) is 6.20. The zero-order chi connectivity index (χ0) is 30.2. The molecule has 0 radical (unpaired) electrons. The number of aryl methyl sites for hydroxylation is 2. The summed E-state index contributed by atoms with van der Waals surface area (Å²) in [5.74, 6) is 1.75. The van der Waals surface area contributed by atoms with Crippen molar-refractivity contribution in [2.24, 2.45) is 11.8 Å². The highest BCUT2D eigenvalue weighted by molar-refractivity contribution is 5.83. The molecule has 2 aliphatic rings. The minimum Gasteiger partial charge on any atom is -0.508 e. The molecule has 2 unspecified atom stereocenters. The zero-order valence-corrected chi connectivity index (χ0v) is 25.0. The van der Waals surface area contributed by atoms with Crippen molar-refractivity contribution >= 4 is 22.7 Å². The Morgan fingerprint density at radius 3 is 1.95 bits per heavy atom. The Balaban J connectivity index is 0.000000196. The van der Waals surface area contributed by atoms with Gasteiger partial charge in [-0.1, -0.05) is 48.5 Å². The van der Waals surface area contributed by atoms with Crippen LogP contribution >= 0.6 is 0 Å². The lowest BCUT2D eigenvalue weighted by molar-refractivity contribution is -0.142. The Kier molecular flexibility index (Phi) is 9.98. The van der Waals surface area contributed by atoms with Crippen molar-refractivity contribution in [3.8, 4) is 11.5 Å². The summed E-state index contributed by atoms with van der Waals surface area (Å²) in [6.45, 7) is 0.564. The number of phenolic OH excluding ortho intramolecular Hbond substituents is 1. The van der Waals surface area contributed by atoms with Crippen LogP contribution in [0.4, 0.5) is 0 Å². The summed E-state index contributed by atoms with van der Waals surface area (Å²) in [6, 6.07) is 26.6. The number of rotatable bonds is 7. The molecule has 0 heterocycles. The van der Waals surface area contributed by atoms with Crippen molar-refractivity contribution < 1.29 is 28.9 Å². The third-order valence-corrected chi connectivity index (χ3v) is 8.61. The molecule has 43 heavy (non-hydrogen) atoms. The van der Waals surface area contributed by atoms with E-state index in [1.807, 2.05) is 18.2 Å². The third kappa shape index (κ3) is 8.16. The number of carbonyl (C=O) groups excluding carboxylic acids is 2. The summed E-state index contributed by atoms with van der Waals surface area (Å²) in [5.41, 5.74) is 6.30. The molecule has 0 saturated heterocycles. The first-order valence-corrected chi connectivity index (χ1v) is 15.1. The monoisotopic (exact) mass is 580 g/mol. The lowest BCUT2D eigenvalue weighted by Gasteiger charge is -2.24. The second-order valence-electron chi connectivity index (χ2n) is 11.6. The van der Waals surface area contributed by atoms with Crippen LogP contribution in [0.5, 0.6) is 11.5 Å². The Labute approximate surface area is 253 Å². The van der Waals surface area contributed by atoms with E-state index in [2.05, 4.69) is 59.3 Å². The van der Waals surface area contributed by atoms with Crippen LogP contribution in [0.1, 0.15) is 53.5 Å². The van der Waals surface area contributed by atoms with Gasteiger partial charge in [-0.15, -0.1) is 0 Å². The number of benzene rings is 4. The second-order valence-corrected chi connectivity index (χ2v) is 11.6. The van der Waals surface area contributed by atoms with E-state index in [0.29, 0.717) is 37.0 Å². The lowest BCUT2D eigenvalue weighted by atomic mass is 9.82. The van der Waals surface area contributed by atoms with E-state index in [0.717, 1.165) is 44.3 Å². The highest BCUT2D eigenvalue weighted by Gasteiger charge is 2.23. The first-order chi connectivity index (χ1) is 20.9. The minimum absolute atomic E-state index is 0.112. The van der Waals surface area contributed by atoms with Crippen LogP contribution in [0, 0.1) is 11.8 Å². The zero-order valence-electron chi connectivity index (χ0n) is 25.0. The van der Waals surface area contributed by atoms with E-state index in [-0.39, 0.29) is 11.9 Å². The van der Waals surface area contributed by atoms with Gasteiger partial charge in [0.05, 0.1) is 14.2 Å². The number of ether oxygens (including phenoxy) is 3. The van der Waals surface area contributed by atoms with E-state index < -0.39 is 0 Å². The molecule has 6 heteroatoms. The SMILES string of the molecule is COC(=O)CC1CCc2cc(O)ccc2C1.COC(=O)CC1CCc2cc(OCc3ccc4ccccc4c3)ccc2C1. The Morgan fingerprint density at radius 2 is 1.30 bits per heavy atom. The van der Waals surface area contributed by atoms with Crippen LogP contribution in [0.3, 0.4) is 0 Å². The maximum atomic E-state index is 11.5. The molecule has 0 amide bonds. The van der Waals surface area contributed by atoms with Gasteiger partial charge in [-0.05, 0) is 119 Å². The molecular weight excluding hydrogens is 540 g/mol. The first kappa shape index (κ1) is 30.1. The van der Waals surface area contributed by atoms with Crippen molar-refractivity contribution in [2.75, 3.05) is 14.2 Å². The highest BCUT2D eigenvalue weighted by atomic mass is 16.5. The predicted molar refractivity (Wildman–Crippen MR) is 167 cm³/mol. The van der Waals surface area contributed by atoms with E-state index in [1.54, 1.807) is 6.07 Å². The van der Waals surface area contributed by atoms with E-state index in [1.165, 1.54) is 52.8 Å². The number of aromatic hydroxyl groups is 1. The maximum absolute atomic E-state index is 11.5. The topological polar surface area (TPSA) is 82.1 Å². The molecule has 6 nitrogen and oxygen atoms in total. The van der Waals surface area contributed by atoms with Crippen LogP contribution in [0.15, 0.2) is 78.9 Å². The fourth-order valence-corrected chi connectivity index (χ4v) is 6.20. The molecule has 0 aromatic heterocycles. The molecule has 0 saturated carbocycles. The first-order valence-electron chi connectivity index (χ1n) is 15.1. The van der Waals surface area contributed by atoms with Gasteiger partial charge < -0.3 is 19.3 Å². The number of hydrogen-bond acceptors (Lipinski definition) is 6. The fraction of sp³-hybridized carbons (Fsp3) is 0.351. The van der Waals surface area contributed by atoms with E-state index >= 15 is 0 Å². The number of carbonyl (C=O) groups is 2. The summed E-state index contributed by atoms with van der Waals surface area (Å²) < 4.78 is 15.5. The number of hydrogen-bond donors (Lipinski definition) is 1. The number of fused-ring (bicyclic) bond motifs is 3. The number of methoxy groups -OCH3 is 2. The van der Waals surface area contributed by atoms with Crippen LogP contribution in [0.2, 0.25) is 0 Å². The average Bonchev–Trinajstić information content (AvgIpc) is 3.03. The molecule has 0 spiro atoms. The Bertz CT molecular complexity index is 1570. The van der Waals surface area contributed by atoms with E-state index in [9.17, 15) is 14.7 Å². The highest BCUT2D eigenvalue weighted by Crippen LogP contribution is 2.31. The van der Waals surface area contributed by atoms with Gasteiger partial charge in [-0.2, -0.15) is 0 Å². The van der Waals surface area contributed by atoms with Gasteiger partial charge in [0.1, 0.15) is 18.1 Å². The molecule has 2 aliphatic carbocycles. The standard InChI is InChI=1S/C24H24O3.C13H16O3/c1-26-24(25)14-17-6-9-22-15-23(11-10-21(22)12-17)27-16-18-7-8-19-4-2-3-5-20(19)13-18;1-16-13(15)7-9-2-3-11-8-12(14)5-4-10(11)6-9/h2-5,7-8,10-11,13,15,17H,6,9,12,14,16H2,1H3;4-5,8-9,14H,2-3,6-7H2,1H3. The molecule has 0 bridgehead atoms. The van der Waals surface area contributed by atoms with Crippen LogP contribution < -0.4 is 4.74 Å². The molecule has 0 fully saturated rings. The van der Waals surface area contributed by atoms with E-state index in [4.69, 9.17) is 9.47 Å². The molecule has 4 aromatic carbocycles. The van der Waals surface area contributed by atoms with Gasteiger partial charge in [-0.25, -0.2) is 0 Å². The van der Waals surface area contributed by atoms with Gasteiger partial charge in [0, 0.05) is 12.8 Å². The van der Waals surface area contributed by atoms with Crippen molar-refractivity contribution in [2.45, 2.75) is 58.0 Å². The van der Waals surface area contributed by atoms with Crippen molar-refractivity contribution in [3.63, 3.8) is 0 Å². The summed E-state index contributed by atoms with van der Waals surface area (Å²) in [5, 5.41) is 11.8. The smallest absolute Gasteiger partial charge is 0.305 e. The van der Waals surface area contributed by atoms with Gasteiger partial charge in [0.2, 0.25) is 0 Å². The molecule has 6 rings (SSSR count). The summed E-state index contributed by atoms with van der Waals surface area (Å²) >= 11 is 0. The largest absolute Gasteiger partial charge is 0.508 e. The summed E-state index contributed by atoms with van der Waals surface area (Å²) in [7, 11) is 2.88. The quantitative estimate of drug-likeness (QED) is 0.234. The molecule has 4 aromatic rings. The summed E-state index contributed by atoms with van der Waals surface area (Å²) in [6.07, 6.45) is 6.80. The Hall–Kier alpha value is -4.32. The van der Waals surface area contributed by atoms with Crippen molar-refractivity contribution in [1.82, 2.24) is 0 Å². The third-order valence-electron chi connectivity index (χ3n) is 8.61. The predicted octanol–water partition coefficient (Wildman–Crippen LogP) is 7.15. The van der Waals surface area contributed by atoms with Gasteiger partial charge in [0.15, 0.2) is 0 Å². The van der Waals surface area contributed by atoms with Crippen LogP contribution in [0.25, 0.3) is 10.8 Å². The van der Waals surface area contributed by atoms with Gasteiger partial charge >= 0.3 is 11.9 Å². The summed E-state index contributed by atoms with van der Waals surface area (Å²) in [4.78, 5) is 22.7. The number of phenols is 1. The van der Waals surface area contributed by atoms with Crippen LogP contribution in [-0.2, 0) is 51.4 Å². The molecular formula is C37H40O6. The normalized spacial score (nSPS) is 17.1. The molecule has 224 valence electrons. The molecule has 1 N–H and O–H groups in total. The molecule has 0 aliphatic heterocycles. The van der Waals surface area contributed by atoms with Gasteiger partial charge in [-0.3, -0.25) is 9.59 Å².